The first-order chi connectivity index (χ1) is 8.70. The van der Waals surface area contributed by atoms with Crippen LogP contribution in [0, 0.1) is 17.2 Å². The van der Waals surface area contributed by atoms with Crippen molar-refractivity contribution < 1.29 is 4.74 Å². The van der Waals surface area contributed by atoms with Gasteiger partial charge in [-0.1, -0.05) is 11.6 Å². The quantitative estimate of drug-likeness (QED) is 0.842. The summed E-state index contributed by atoms with van der Waals surface area (Å²) in [5.74, 6) is 0.634. The minimum atomic E-state index is 0.634. The number of rotatable bonds is 3. The Morgan fingerprint density at radius 1 is 1.44 bits per heavy atom. The molecule has 0 amide bonds. The summed E-state index contributed by atoms with van der Waals surface area (Å²) in [6.07, 6.45) is 2.18. The maximum absolute atomic E-state index is 9.12. The van der Waals surface area contributed by atoms with Gasteiger partial charge in [-0.3, -0.25) is 0 Å². The molecule has 0 radical (unpaired) electrons. The molecular weight excluding hydrogens is 248 g/mol. The molecule has 1 aromatic rings. The molecule has 0 atom stereocenters. The molecule has 4 heteroatoms. The van der Waals surface area contributed by atoms with Crippen LogP contribution in [0.3, 0.4) is 0 Å². The molecule has 3 nitrogen and oxygen atoms in total. The fraction of sp³-hybridized carbons (Fsp3) is 0.500. The highest BCUT2D eigenvalue weighted by molar-refractivity contribution is 6.30. The first kappa shape index (κ1) is 13.2. The lowest BCUT2D eigenvalue weighted by Crippen LogP contribution is -2.29. The van der Waals surface area contributed by atoms with E-state index in [1.165, 1.54) is 0 Å². The van der Waals surface area contributed by atoms with Gasteiger partial charge in [0.15, 0.2) is 0 Å². The molecule has 2 rings (SSSR count). The number of nitrogens with zero attached hydrogens (tertiary/aromatic N) is 2. The second-order valence-electron chi connectivity index (χ2n) is 4.71. The van der Waals surface area contributed by atoms with Gasteiger partial charge >= 0.3 is 0 Å². The second-order valence-corrected chi connectivity index (χ2v) is 5.15. The van der Waals surface area contributed by atoms with Gasteiger partial charge in [0.2, 0.25) is 0 Å². The molecule has 1 fully saturated rings. The highest BCUT2D eigenvalue weighted by Gasteiger charge is 2.17. The Morgan fingerprint density at radius 2 is 2.17 bits per heavy atom. The van der Waals surface area contributed by atoms with Crippen LogP contribution in [-0.4, -0.2) is 26.8 Å². The number of ether oxygens (including phenoxy) is 1. The molecule has 0 spiro atoms. The van der Waals surface area contributed by atoms with Crippen LogP contribution in [0.2, 0.25) is 5.02 Å². The van der Waals surface area contributed by atoms with Gasteiger partial charge in [0.1, 0.15) is 6.07 Å². The van der Waals surface area contributed by atoms with Gasteiger partial charge in [0.25, 0.3) is 0 Å². The summed E-state index contributed by atoms with van der Waals surface area (Å²) in [5.41, 5.74) is 1.59. The molecule has 0 saturated carbocycles. The van der Waals surface area contributed by atoms with Gasteiger partial charge in [-0.15, -0.1) is 0 Å². The van der Waals surface area contributed by atoms with Crippen molar-refractivity contribution in [2.24, 2.45) is 5.92 Å². The molecule has 0 bridgehead atoms. The summed E-state index contributed by atoms with van der Waals surface area (Å²) in [6.45, 7) is 2.64. The van der Waals surface area contributed by atoms with E-state index < -0.39 is 0 Å². The lowest BCUT2D eigenvalue weighted by Gasteiger charge is -2.29. The van der Waals surface area contributed by atoms with Crippen LogP contribution in [0.5, 0.6) is 0 Å². The molecule has 0 unspecified atom stereocenters. The Hall–Kier alpha value is -1.24. The van der Waals surface area contributed by atoms with Crippen molar-refractivity contribution in [1.29, 1.82) is 5.26 Å². The number of anilines is 1. The fourth-order valence-electron chi connectivity index (χ4n) is 2.33. The fourth-order valence-corrected chi connectivity index (χ4v) is 2.50. The van der Waals surface area contributed by atoms with E-state index in [1.54, 1.807) is 12.1 Å². The van der Waals surface area contributed by atoms with Crippen molar-refractivity contribution >= 4 is 17.3 Å². The summed E-state index contributed by atoms with van der Waals surface area (Å²) >= 11 is 6.00. The predicted molar refractivity (Wildman–Crippen MR) is 73.0 cm³/mol. The Kier molecular flexibility index (Phi) is 4.46. The second kappa shape index (κ2) is 6.08. The Balaban J connectivity index is 2.10. The molecule has 0 aromatic heterocycles. The molecule has 1 aromatic carbocycles. The van der Waals surface area contributed by atoms with Gasteiger partial charge < -0.3 is 9.64 Å². The zero-order chi connectivity index (χ0) is 13.0. The molecule has 0 aliphatic carbocycles. The lowest BCUT2D eigenvalue weighted by molar-refractivity contribution is 0.0685. The molecule has 18 heavy (non-hydrogen) atoms. The number of nitriles is 1. The topological polar surface area (TPSA) is 36.3 Å². The number of halogens is 1. The van der Waals surface area contributed by atoms with Crippen molar-refractivity contribution in [3.63, 3.8) is 0 Å². The van der Waals surface area contributed by atoms with Gasteiger partial charge in [0, 0.05) is 31.8 Å². The highest BCUT2D eigenvalue weighted by Crippen LogP contribution is 2.25. The summed E-state index contributed by atoms with van der Waals surface area (Å²) < 4.78 is 5.36. The van der Waals surface area contributed by atoms with Gasteiger partial charge in [-0.05, 0) is 37.0 Å². The molecule has 1 aliphatic heterocycles. The van der Waals surface area contributed by atoms with Crippen molar-refractivity contribution in [2.45, 2.75) is 12.8 Å². The third-order valence-electron chi connectivity index (χ3n) is 3.36. The average molecular weight is 265 g/mol. The third kappa shape index (κ3) is 3.16. The smallest absolute Gasteiger partial charge is 0.101 e. The molecule has 96 valence electrons. The Morgan fingerprint density at radius 3 is 2.83 bits per heavy atom. The lowest BCUT2D eigenvalue weighted by atomic mass is 9.99. The largest absolute Gasteiger partial charge is 0.381 e. The zero-order valence-electron chi connectivity index (χ0n) is 10.5. The van der Waals surface area contributed by atoms with Gasteiger partial charge in [-0.25, -0.2) is 0 Å². The maximum Gasteiger partial charge on any atom is 0.101 e. The molecule has 1 aliphatic rings. The summed E-state index contributed by atoms with van der Waals surface area (Å²) in [5, 5.41) is 9.79. The first-order valence-electron chi connectivity index (χ1n) is 6.19. The van der Waals surface area contributed by atoms with Crippen LogP contribution in [-0.2, 0) is 4.74 Å². The van der Waals surface area contributed by atoms with E-state index >= 15 is 0 Å². The van der Waals surface area contributed by atoms with E-state index in [-0.39, 0.29) is 0 Å². The van der Waals surface area contributed by atoms with Gasteiger partial charge in [-0.2, -0.15) is 5.26 Å². The maximum atomic E-state index is 9.12. The number of hydrogen-bond acceptors (Lipinski definition) is 3. The Bertz CT molecular complexity index is 450. The molecule has 1 heterocycles. The van der Waals surface area contributed by atoms with Crippen LogP contribution >= 0.6 is 11.6 Å². The number of benzene rings is 1. The third-order valence-corrected chi connectivity index (χ3v) is 3.60. The number of hydrogen-bond donors (Lipinski definition) is 0. The van der Waals surface area contributed by atoms with Crippen LogP contribution in [0.25, 0.3) is 0 Å². The summed E-state index contributed by atoms with van der Waals surface area (Å²) in [6, 6.07) is 7.61. The van der Waals surface area contributed by atoms with E-state index in [2.05, 4.69) is 11.0 Å². The SMILES string of the molecule is CN(CC1CCOCC1)c1cc(Cl)ccc1C#N. The van der Waals surface area contributed by atoms with Crippen molar-refractivity contribution in [3.8, 4) is 6.07 Å². The van der Waals surface area contributed by atoms with Crippen LogP contribution < -0.4 is 4.90 Å². The van der Waals surface area contributed by atoms with Crippen molar-refractivity contribution in [1.82, 2.24) is 0 Å². The minimum Gasteiger partial charge on any atom is -0.381 e. The van der Waals surface area contributed by atoms with Crippen molar-refractivity contribution in [2.75, 3.05) is 31.7 Å². The monoisotopic (exact) mass is 264 g/mol. The standard InChI is InChI=1S/C14H17ClN2O/c1-17(10-11-4-6-18-7-5-11)14-8-13(15)3-2-12(14)9-16/h2-3,8,11H,4-7,10H2,1H3. The highest BCUT2D eigenvalue weighted by atomic mass is 35.5. The van der Waals surface area contributed by atoms with Crippen LogP contribution in [0.1, 0.15) is 18.4 Å². The van der Waals surface area contributed by atoms with E-state index in [9.17, 15) is 0 Å². The van der Waals surface area contributed by atoms with Crippen LogP contribution in [0.4, 0.5) is 5.69 Å². The van der Waals surface area contributed by atoms with Gasteiger partial charge in [0.05, 0.1) is 11.3 Å². The van der Waals surface area contributed by atoms with E-state index in [0.29, 0.717) is 16.5 Å². The van der Waals surface area contributed by atoms with E-state index in [0.717, 1.165) is 38.3 Å². The zero-order valence-corrected chi connectivity index (χ0v) is 11.3. The molecule has 0 N–H and O–H groups in total. The molecular formula is C14H17ClN2O. The molecule has 1 saturated heterocycles. The minimum absolute atomic E-state index is 0.634. The summed E-state index contributed by atoms with van der Waals surface area (Å²) in [4.78, 5) is 2.13. The van der Waals surface area contributed by atoms with Crippen LogP contribution in [0.15, 0.2) is 18.2 Å². The normalized spacial score (nSPS) is 16.3. The summed E-state index contributed by atoms with van der Waals surface area (Å²) in [7, 11) is 2.02. The van der Waals surface area contributed by atoms with Crippen molar-refractivity contribution in [3.05, 3.63) is 28.8 Å². The Labute approximate surface area is 113 Å². The first-order valence-corrected chi connectivity index (χ1v) is 6.57. The predicted octanol–water partition coefficient (Wildman–Crippen LogP) is 3.07. The average Bonchev–Trinajstić information content (AvgIpc) is 2.40. The van der Waals surface area contributed by atoms with E-state index in [1.807, 2.05) is 13.1 Å². The van der Waals surface area contributed by atoms with E-state index in [4.69, 9.17) is 21.6 Å².